The van der Waals surface area contributed by atoms with Gasteiger partial charge in [-0.25, -0.2) is 4.98 Å². The first-order valence-corrected chi connectivity index (χ1v) is 5.81. The number of morpholine rings is 1. The number of anilines is 1. The van der Waals surface area contributed by atoms with E-state index in [4.69, 9.17) is 10.5 Å². The lowest BCUT2D eigenvalue weighted by atomic mass is 10.2. The van der Waals surface area contributed by atoms with Crippen LogP contribution in [0.4, 0.5) is 5.82 Å². The molecule has 88 valence electrons. The van der Waals surface area contributed by atoms with Gasteiger partial charge >= 0.3 is 0 Å². The highest BCUT2D eigenvalue weighted by Crippen LogP contribution is 2.15. The van der Waals surface area contributed by atoms with Crippen LogP contribution in [0.5, 0.6) is 0 Å². The topological polar surface area (TPSA) is 51.4 Å². The fourth-order valence-corrected chi connectivity index (χ4v) is 1.94. The second-order valence-electron chi connectivity index (χ2n) is 4.19. The lowest BCUT2D eigenvalue weighted by molar-refractivity contribution is 0.0529. The molecule has 2 rings (SSSR count). The van der Waals surface area contributed by atoms with Crippen molar-refractivity contribution in [1.29, 1.82) is 0 Å². The largest absolute Gasteiger partial charge is 0.375 e. The van der Waals surface area contributed by atoms with Crippen LogP contribution in [0.3, 0.4) is 0 Å². The summed E-state index contributed by atoms with van der Waals surface area (Å²) >= 11 is 0. The van der Waals surface area contributed by atoms with Gasteiger partial charge in [0.05, 0.1) is 12.7 Å². The van der Waals surface area contributed by atoms with E-state index in [1.165, 1.54) is 5.56 Å². The maximum absolute atomic E-state index is 5.51. The van der Waals surface area contributed by atoms with Gasteiger partial charge in [0, 0.05) is 19.3 Å². The van der Waals surface area contributed by atoms with Crippen LogP contribution in [0.25, 0.3) is 0 Å². The van der Waals surface area contributed by atoms with Crippen molar-refractivity contribution in [3.05, 3.63) is 23.9 Å². The van der Waals surface area contributed by atoms with Crippen molar-refractivity contribution in [3.63, 3.8) is 0 Å². The summed E-state index contributed by atoms with van der Waals surface area (Å²) < 4.78 is 5.51. The summed E-state index contributed by atoms with van der Waals surface area (Å²) in [4.78, 5) is 6.73. The van der Waals surface area contributed by atoms with E-state index in [0.29, 0.717) is 12.6 Å². The van der Waals surface area contributed by atoms with Gasteiger partial charge < -0.3 is 15.4 Å². The Hall–Kier alpha value is -1.13. The van der Waals surface area contributed by atoms with Crippen LogP contribution in [-0.4, -0.2) is 37.3 Å². The molecule has 1 atom stereocenters. The highest BCUT2D eigenvalue weighted by atomic mass is 16.5. The fraction of sp³-hybridized carbons (Fsp3) is 0.583. The monoisotopic (exact) mass is 221 g/mol. The van der Waals surface area contributed by atoms with Crippen LogP contribution in [0.2, 0.25) is 0 Å². The zero-order valence-electron chi connectivity index (χ0n) is 9.72. The minimum absolute atomic E-state index is 0.291. The molecule has 2 N–H and O–H groups in total. The van der Waals surface area contributed by atoms with Gasteiger partial charge in [-0.1, -0.05) is 6.07 Å². The molecule has 0 saturated carbocycles. The number of nitrogens with zero attached hydrogens (tertiary/aromatic N) is 2. The number of nitrogens with two attached hydrogens (primary N) is 1. The highest BCUT2D eigenvalue weighted by molar-refractivity contribution is 5.39. The zero-order valence-corrected chi connectivity index (χ0v) is 9.72. The second kappa shape index (κ2) is 5.27. The van der Waals surface area contributed by atoms with Crippen LogP contribution in [-0.2, 0) is 11.2 Å². The average molecular weight is 221 g/mol. The molecule has 1 unspecified atom stereocenters. The molecule has 1 aromatic rings. The molecule has 1 aliphatic rings. The van der Waals surface area contributed by atoms with Gasteiger partial charge in [-0.2, -0.15) is 0 Å². The third-order valence-electron chi connectivity index (χ3n) is 2.81. The molecule has 0 aliphatic carbocycles. The van der Waals surface area contributed by atoms with E-state index in [1.54, 1.807) is 0 Å². The Bertz CT molecular complexity index is 326. The summed E-state index contributed by atoms with van der Waals surface area (Å²) in [5, 5.41) is 0. The van der Waals surface area contributed by atoms with E-state index in [0.717, 1.165) is 31.9 Å². The first-order chi connectivity index (χ1) is 7.79. The SMILES string of the molecule is CC1CN(c2ccc(CCN)cn2)CCO1. The highest BCUT2D eigenvalue weighted by Gasteiger charge is 2.17. The van der Waals surface area contributed by atoms with Crippen molar-refractivity contribution >= 4 is 5.82 Å². The molecule has 4 heteroatoms. The Morgan fingerprint density at radius 3 is 3.06 bits per heavy atom. The van der Waals surface area contributed by atoms with Crippen molar-refractivity contribution < 1.29 is 4.74 Å². The lowest BCUT2D eigenvalue weighted by Gasteiger charge is -2.32. The van der Waals surface area contributed by atoms with Crippen molar-refractivity contribution in [1.82, 2.24) is 4.98 Å². The van der Waals surface area contributed by atoms with Crippen molar-refractivity contribution in [2.45, 2.75) is 19.4 Å². The van der Waals surface area contributed by atoms with Gasteiger partial charge in [0.2, 0.25) is 0 Å². The molecule has 16 heavy (non-hydrogen) atoms. The third kappa shape index (κ3) is 2.71. The molecule has 0 radical (unpaired) electrons. The smallest absolute Gasteiger partial charge is 0.128 e. The maximum Gasteiger partial charge on any atom is 0.128 e. The first-order valence-electron chi connectivity index (χ1n) is 5.81. The molecule has 0 amide bonds. The maximum atomic E-state index is 5.51. The molecule has 0 aromatic carbocycles. The molecule has 1 aromatic heterocycles. The Balaban J connectivity index is 2.03. The summed E-state index contributed by atoms with van der Waals surface area (Å²) in [6, 6.07) is 4.18. The molecule has 1 saturated heterocycles. The summed E-state index contributed by atoms with van der Waals surface area (Å²) in [5.41, 5.74) is 6.71. The molecule has 1 fully saturated rings. The molecule has 0 spiro atoms. The number of aromatic nitrogens is 1. The molecule has 4 nitrogen and oxygen atoms in total. The lowest BCUT2D eigenvalue weighted by Crippen LogP contribution is -2.41. The van der Waals surface area contributed by atoms with Gasteiger partial charge in [0.15, 0.2) is 0 Å². The normalized spacial score (nSPS) is 21.1. The Labute approximate surface area is 96.4 Å². The summed E-state index contributed by atoms with van der Waals surface area (Å²) in [6.07, 6.45) is 3.11. The van der Waals surface area contributed by atoms with E-state index in [2.05, 4.69) is 28.9 Å². The standard InChI is InChI=1S/C12H19N3O/c1-10-9-15(6-7-16-10)12-3-2-11(4-5-13)8-14-12/h2-3,8,10H,4-7,9,13H2,1H3. The van der Waals surface area contributed by atoms with Gasteiger partial charge in [-0.15, -0.1) is 0 Å². The van der Waals surface area contributed by atoms with Gasteiger partial charge in [0.1, 0.15) is 5.82 Å². The minimum Gasteiger partial charge on any atom is -0.375 e. The third-order valence-corrected chi connectivity index (χ3v) is 2.81. The number of ether oxygens (including phenoxy) is 1. The molecular formula is C12H19N3O. The van der Waals surface area contributed by atoms with E-state index in [9.17, 15) is 0 Å². The zero-order chi connectivity index (χ0) is 11.4. The van der Waals surface area contributed by atoms with Crippen LogP contribution in [0.15, 0.2) is 18.3 Å². The van der Waals surface area contributed by atoms with Crippen molar-refractivity contribution in [2.75, 3.05) is 31.1 Å². The number of hydrogen-bond donors (Lipinski definition) is 1. The quantitative estimate of drug-likeness (QED) is 0.820. The van der Waals surface area contributed by atoms with Crippen LogP contribution in [0, 0.1) is 0 Å². The van der Waals surface area contributed by atoms with E-state index < -0.39 is 0 Å². The van der Waals surface area contributed by atoms with Crippen LogP contribution < -0.4 is 10.6 Å². The van der Waals surface area contributed by atoms with Crippen molar-refractivity contribution in [2.24, 2.45) is 5.73 Å². The van der Waals surface area contributed by atoms with Gasteiger partial charge in [0.25, 0.3) is 0 Å². The number of rotatable bonds is 3. The Morgan fingerprint density at radius 1 is 1.56 bits per heavy atom. The Morgan fingerprint density at radius 2 is 2.44 bits per heavy atom. The second-order valence-corrected chi connectivity index (χ2v) is 4.19. The van der Waals surface area contributed by atoms with Gasteiger partial charge in [-0.3, -0.25) is 0 Å². The number of pyridine rings is 1. The summed E-state index contributed by atoms with van der Waals surface area (Å²) in [6.45, 7) is 5.40. The van der Waals surface area contributed by atoms with E-state index in [1.807, 2.05) is 6.20 Å². The molecular weight excluding hydrogens is 202 g/mol. The van der Waals surface area contributed by atoms with Gasteiger partial charge in [-0.05, 0) is 31.5 Å². The average Bonchev–Trinajstić information content (AvgIpc) is 2.30. The fourth-order valence-electron chi connectivity index (χ4n) is 1.94. The predicted octanol–water partition coefficient (Wildman–Crippen LogP) is 0.808. The van der Waals surface area contributed by atoms with Crippen molar-refractivity contribution in [3.8, 4) is 0 Å². The predicted molar refractivity (Wildman–Crippen MR) is 64.6 cm³/mol. The van der Waals surface area contributed by atoms with E-state index in [-0.39, 0.29) is 0 Å². The number of hydrogen-bond acceptors (Lipinski definition) is 4. The minimum atomic E-state index is 0.291. The summed E-state index contributed by atoms with van der Waals surface area (Å²) in [7, 11) is 0. The molecule has 1 aliphatic heterocycles. The summed E-state index contributed by atoms with van der Waals surface area (Å²) in [5.74, 6) is 1.04. The molecule has 0 bridgehead atoms. The first kappa shape index (κ1) is 11.4. The van der Waals surface area contributed by atoms with Crippen LogP contribution in [0.1, 0.15) is 12.5 Å². The Kier molecular flexibility index (Phi) is 3.74. The van der Waals surface area contributed by atoms with E-state index >= 15 is 0 Å². The van der Waals surface area contributed by atoms with Crippen LogP contribution >= 0.6 is 0 Å². The molecule has 2 heterocycles.